The third-order valence-electron chi connectivity index (χ3n) is 3.51. The maximum atomic E-state index is 12.0. The van der Waals surface area contributed by atoms with E-state index in [-0.39, 0.29) is 11.7 Å². The molecule has 1 aliphatic heterocycles. The minimum atomic E-state index is -0.152. The lowest BCUT2D eigenvalue weighted by molar-refractivity contribution is -0.113. The van der Waals surface area contributed by atoms with Gasteiger partial charge in [0.2, 0.25) is 11.1 Å². The molecule has 1 amide bonds. The van der Waals surface area contributed by atoms with Gasteiger partial charge in [0.15, 0.2) is 0 Å². The monoisotopic (exact) mass is 334 g/mol. The van der Waals surface area contributed by atoms with Crippen LogP contribution in [0, 0.1) is 0 Å². The molecule has 122 valence electrons. The fourth-order valence-electron chi connectivity index (χ4n) is 2.36. The molecule has 1 N–H and O–H groups in total. The van der Waals surface area contributed by atoms with Crippen molar-refractivity contribution in [3.63, 3.8) is 0 Å². The molecule has 0 aliphatic carbocycles. The van der Waals surface area contributed by atoms with Crippen molar-refractivity contribution in [2.45, 2.75) is 24.4 Å². The average molecular weight is 334 g/mol. The lowest BCUT2D eigenvalue weighted by atomic mass is 10.1. The first-order valence-corrected chi connectivity index (χ1v) is 8.43. The van der Waals surface area contributed by atoms with E-state index in [1.807, 2.05) is 6.07 Å². The molecule has 10 heteroatoms. The minimum Gasteiger partial charge on any atom is -0.356 e. The van der Waals surface area contributed by atoms with Gasteiger partial charge in [0, 0.05) is 26.2 Å². The summed E-state index contributed by atoms with van der Waals surface area (Å²) in [6.45, 7) is 2.00. The van der Waals surface area contributed by atoms with Crippen LogP contribution in [0.2, 0.25) is 0 Å². The number of rotatable bonds is 5. The molecule has 0 atom stereocenters. The maximum absolute atomic E-state index is 12.0. The van der Waals surface area contributed by atoms with Gasteiger partial charge < -0.3 is 10.2 Å². The number of aryl methyl sites for hydroxylation is 1. The molecule has 0 saturated carbocycles. The highest BCUT2D eigenvalue weighted by Crippen LogP contribution is 2.19. The van der Waals surface area contributed by atoms with E-state index in [2.05, 4.69) is 35.7 Å². The number of tetrazole rings is 1. The zero-order chi connectivity index (χ0) is 16.1. The lowest BCUT2D eigenvalue weighted by Crippen LogP contribution is -2.30. The molecule has 3 heterocycles. The zero-order valence-corrected chi connectivity index (χ0v) is 13.7. The van der Waals surface area contributed by atoms with Crippen LogP contribution in [0.15, 0.2) is 17.6 Å². The van der Waals surface area contributed by atoms with Crippen LogP contribution in [0.3, 0.4) is 0 Å². The van der Waals surface area contributed by atoms with Crippen molar-refractivity contribution in [3.05, 3.63) is 12.4 Å². The third-order valence-corrected chi connectivity index (χ3v) is 4.52. The molecule has 1 aliphatic rings. The molecule has 3 rings (SSSR count). The normalized spacial score (nSPS) is 14.7. The number of anilines is 2. The summed E-state index contributed by atoms with van der Waals surface area (Å²) in [7, 11) is 1.73. The number of aromatic nitrogens is 6. The maximum Gasteiger partial charge on any atom is 0.236 e. The molecular weight excluding hydrogens is 316 g/mol. The van der Waals surface area contributed by atoms with Crippen LogP contribution in [0.5, 0.6) is 0 Å². The van der Waals surface area contributed by atoms with Crippen LogP contribution in [-0.2, 0) is 11.8 Å². The summed E-state index contributed by atoms with van der Waals surface area (Å²) in [6.07, 6.45) is 5.10. The first-order chi connectivity index (χ1) is 11.2. The molecule has 1 saturated heterocycles. The van der Waals surface area contributed by atoms with Gasteiger partial charge in [-0.3, -0.25) is 4.79 Å². The van der Waals surface area contributed by atoms with Gasteiger partial charge in [0.25, 0.3) is 0 Å². The fourth-order valence-corrected chi connectivity index (χ4v) is 3.01. The second-order valence-electron chi connectivity index (χ2n) is 5.23. The lowest BCUT2D eigenvalue weighted by Gasteiger charge is -2.27. The van der Waals surface area contributed by atoms with Crippen molar-refractivity contribution in [1.82, 2.24) is 30.2 Å². The van der Waals surface area contributed by atoms with Gasteiger partial charge in [-0.2, -0.15) is 0 Å². The molecular formula is C13H18N8OS. The van der Waals surface area contributed by atoms with E-state index < -0.39 is 0 Å². The standard InChI is InChI=1S/C13H18N8OS/c1-20-13(17-18-19-20)23-8-12(22)16-10-7-11(15-9-14-10)21-5-3-2-4-6-21/h7,9H,2-6,8H2,1H3,(H,14,15,16,22). The summed E-state index contributed by atoms with van der Waals surface area (Å²) in [5.74, 6) is 1.45. The van der Waals surface area contributed by atoms with Crippen LogP contribution in [0.1, 0.15) is 19.3 Å². The molecule has 9 nitrogen and oxygen atoms in total. The van der Waals surface area contributed by atoms with Crippen LogP contribution in [0.4, 0.5) is 11.6 Å². The SMILES string of the molecule is Cn1nnnc1SCC(=O)Nc1cc(N2CCCCC2)ncn1. The van der Waals surface area contributed by atoms with E-state index in [1.54, 1.807) is 7.05 Å². The quantitative estimate of drug-likeness (QED) is 0.798. The highest BCUT2D eigenvalue weighted by Gasteiger charge is 2.14. The van der Waals surface area contributed by atoms with Crippen molar-refractivity contribution in [2.24, 2.45) is 7.05 Å². The van der Waals surface area contributed by atoms with E-state index in [0.29, 0.717) is 11.0 Å². The Morgan fingerprint density at radius 2 is 2.13 bits per heavy atom. The van der Waals surface area contributed by atoms with Gasteiger partial charge in [0.05, 0.1) is 5.75 Å². The second-order valence-corrected chi connectivity index (χ2v) is 6.17. The van der Waals surface area contributed by atoms with E-state index in [1.165, 1.54) is 42.0 Å². The predicted octanol–water partition coefficient (Wildman–Crippen LogP) is 0.721. The summed E-state index contributed by atoms with van der Waals surface area (Å²) in [4.78, 5) is 22.7. The molecule has 0 aromatic carbocycles. The summed E-state index contributed by atoms with van der Waals surface area (Å²) >= 11 is 1.27. The number of carbonyl (C=O) groups excluding carboxylic acids is 1. The average Bonchev–Trinajstić information content (AvgIpc) is 2.99. The highest BCUT2D eigenvalue weighted by molar-refractivity contribution is 7.99. The Hall–Kier alpha value is -2.23. The van der Waals surface area contributed by atoms with Crippen LogP contribution < -0.4 is 10.2 Å². The topological polar surface area (TPSA) is 102 Å². The Kier molecular flexibility index (Phi) is 5.01. The molecule has 0 unspecified atom stereocenters. The first kappa shape index (κ1) is 15.7. The van der Waals surface area contributed by atoms with Crippen molar-refractivity contribution < 1.29 is 4.79 Å². The van der Waals surface area contributed by atoms with Gasteiger partial charge in [-0.1, -0.05) is 11.8 Å². The largest absolute Gasteiger partial charge is 0.356 e. The number of hydrogen-bond acceptors (Lipinski definition) is 8. The zero-order valence-electron chi connectivity index (χ0n) is 12.8. The summed E-state index contributed by atoms with van der Waals surface area (Å²) in [5.41, 5.74) is 0. The van der Waals surface area contributed by atoms with Gasteiger partial charge in [-0.15, -0.1) is 5.10 Å². The Morgan fingerprint density at radius 1 is 1.30 bits per heavy atom. The van der Waals surface area contributed by atoms with Gasteiger partial charge in [-0.25, -0.2) is 14.6 Å². The summed E-state index contributed by atoms with van der Waals surface area (Å²) in [6, 6.07) is 1.82. The Bertz CT molecular complexity index is 669. The molecule has 0 radical (unpaired) electrons. The van der Waals surface area contributed by atoms with Gasteiger partial charge in [-0.05, 0) is 29.7 Å². The fraction of sp³-hybridized carbons (Fsp3) is 0.538. The number of piperidine rings is 1. The highest BCUT2D eigenvalue weighted by atomic mass is 32.2. The molecule has 2 aromatic heterocycles. The molecule has 0 spiro atoms. The Balaban J connectivity index is 1.56. The molecule has 0 bridgehead atoms. The van der Waals surface area contributed by atoms with Crippen molar-refractivity contribution in [2.75, 3.05) is 29.1 Å². The van der Waals surface area contributed by atoms with Crippen LogP contribution in [-0.4, -0.2) is 54.9 Å². The van der Waals surface area contributed by atoms with E-state index in [0.717, 1.165) is 18.9 Å². The summed E-state index contributed by atoms with van der Waals surface area (Å²) in [5, 5.41) is 14.5. The van der Waals surface area contributed by atoms with E-state index in [9.17, 15) is 4.79 Å². The van der Waals surface area contributed by atoms with Crippen molar-refractivity contribution in [1.29, 1.82) is 0 Å². The molecule has 23 heavy (non-hydrogen) atoms. The van der Waals surface area contributed by atoms with Gasteiger partial charge >= 0.3 is 0 Å². The number of carbonyl (C=O) groups is 1. The number of hydrogen-bond donors (Lipinski definition) is 1. The van der Waals surface area contributed by atoms with Crippen LogP contribution in [0.25, 0.3) is 0 Å². The third kappa shape index (κ3) is 4.15. The smallest absolute Gasteiger partial charge is 0.236 e. The molecule has 2 aromatic rings. The van der Waals surface area contributed by atoms with Crippen molar-refractivity contribution >= 4 is 29.3 Å². The number of nitrogens with zero attached hydrogens (tertiary/aromatic N) is 7. The number of thioether (sulfide) groups is 1. The van der Waals surface area contributed by atoms with E-state index >= 15 is 0 Å². The van der Waals surface area contributed by atoms with Crippen molar-refractivity contribution in [3.8, 4) is 0 Å². The van der Waals surface area contributed by atoms with Crippen LogP contribution >= 0.6 is 11.8 Å². The number of nitrogens with one attached hydrogen (secondary N) is 1. The molecule has 1 fully saturated rings. The van der Waals surface area contributed by atoms with E-state index in [4.69, 9.17) is 0 Å². The Morgan fingerprint density at radius 3 is 2.87 bits per heavy atom. The van der Waals surface area contributed by atoms with Gasteiger partial charge in [0.1, 0.15) is 18.0 Å². The minimum absolute atomic E-state index is 0.152. The Labute approximate surface area is 137 Å². The summed E-state index contributed by atoms with van der Waals surface area (Å²) < 4.78 is 1.52. The predicted molar refractivity (Wildman–Crippen MR) is 86.2 cm³/mol. The second kappa shape index (κ2) is 7.36. The number of amides is 1. The first-order valence-electron chi connectivity index (χ1n) is 7.44.